The van der Waals surface area contributed by atoms with E-state index in [1.807, 2.05) is 65.3 Å². The number of nitrogens with zero attached hydrogens (tertiary/aromatic N) is 3. The zero-order valence-corrected chi connectivity index (χ0v) is 22.5. The van der Waals surface area contributed by atoms with E-state index >= 15 is 0 Å². The van der Waals surface area contributed by atoms with Crippen molar-refractivity contribution in [2.45, 2.75) is 30.7 Å². The van der Waals surface area contributed by atoms with Gasteiger partial charge in [-0.2, -0.15) is 0 Å². The average Bonchev–Trinajstić information content (AvgIpc) is 3.05. The average molecular weight is 535 g/mol. The van der Waals surface area contributed by atoms with E-state index in [0.717, 1.165) is 32.6 Å². The molecule has 33 heavy (non-hydrogen) atoms. The number of carbonyl (C=O) groups excluding carboxylic acids is 1. The summed E-state index contributed by atoms with van der Waals surface area (Å²) in [4.78, 5) is 18.5. The van der Waals surface area contributed by atoms with Crippen molar-refractivity contribution in [2.75, 3.05) is 34.8 Å². The Morgan fingerprint density at radius 3 is 2.27 bits per heavy atom. The quantitative estimate of drug-likeness (QED) is 0.300. The molecule has 0 aliphatic carbocycles. The van der Waals surface area contributed by atoms with Crippen LogP contribution in [0.25, 0.3) is 10.9 Å². The van der Waals surface area contributed by atoms with Crippen LogP contribution in [-0.4, -0.2) is 60.2 Å². The van der Waals surface area contributed by atoms with Gasteiger partial charge in [-0.25, -0.2) is 4.79 Å². The van der Waals surface area contributed by atoms with Crippen LogP contribution in [0.3, 0.4) is 0 Å². The molecule has 1 heterocycles. The molecule has 0 saturated heterocycles. The molecule has 0 bridgehead atoms. The highest BCUT2D eigenvalue weighted by Crippen LogP contribution is 2.44. The first-order chi connectivity index (χ1) is 15.7. The first kappa shape index (κ1) is 25.6. The first-order valence-corrected chi connectivity index (χ1v) is 12.6. The summed E-state index contributed by atoms with van der Waals surface area (Å²) >= 11 is 5.33. The summed E-state index contributed by atoms with van der Waals surface area (Å²) in [5.74, 6) is 0.417. The Balaban J connectivity index is 2.35. The fourth-order valence-corrected chi connectivity index (χ4v) is 5.61. The highest BCUT2D eigenvalue weighted by atomic mass is 79.9. The van der Waals surface area contributed by atoms with E-state index in [9.17, 15) is 9.90 Å². The molecular formula is C25H32BrN3O3S. The van der Waals surface area contributed by atoms with Gasteiger partial charge in [-0.15, -0.1) is 11.8 Å². The van der Waals surface area contributed by atoms with Gasteiger partial charge in [0.15, 0.2) is 0 Å². The summed E-state index contributed by atoms with van der Waals surface area (Å²) in [6.07, 6.45) is 0. The number of phenols is 1. The van der Waals surface area contributed by atoms with Crippen LogP contribution in [-0.2, 0) is 30.6 Å². The van der Waals surface area contributed by atoms with Crippen molar-refractivity contribution in [3.63, 3.8) is 0 Å². The predicted molar refractivity (Wildman–Crippen MR) is 139 cm³/mol. The molecule has 178 valence electrons. The van der Waals surface area contributed by atoms with Crippen molar-refractivity contribution in [3.05, 3.63) is 57.2 Å². The second-order valence-electron chi connectivity index (χ2n) is 8.52. The number of benzene rings is 2. The number of phenolic OH excluding ortho intramolecular Hbond substituents is 1. The maximum Gasteiger partial charge on any atom is 0.340 e. The minimum Gasteiger partial charge on any atom is -0.506 e. The standard InChI is InChI=1S/C25H32BrN3O3S/c1-7-32-25(31)21-19(15-33-16-11-9-8-10-12-16)29(6)23-18(14-28(4)5)22(26)24(30)17(20(21)23)13-27(2)3/h8-12,30H,7,13-15H2,1-6H3. The molecule has 0 aliphatic rings. The molecule has 8 heteroatoms. The summed E-state index contributed by atoms with van der Waals surface area (Å²) in [6.45, 7) is 3.20. The van der Waals surface area contributed by atoms with Crippen molar-refractivity contribution < 1.29 is 14.6 Å². The summed E-state index contributed by atoms with van der Waals surface area (Å²) < 4.78 is 8.28. The van der Waals surface area contributed by atoms with Gasteiger partial charge in [0.1, 0.15) is 5.75 Å². The van der Waals surface area contributed by atoms with Crippen LogP contribution in [0.15, 0.2) is 39.7 Å². The highest BCUT2D eigenvalue weighted by Gasteiger charge is 2.30. The number of aryl methyl sites for hydroxylation is 1. The minimum atomic E-state index is -0.357. The number of halogens is 1. The van der Waals surface area contributed by atoms with Crippen LogP contribution in [0.2, 0.25) is 0 Å². The van der Waals surface area contributed by atoms with E-state index in [1.165, 1.54) is 0 Å². The number of carbonyl (C=O) groups is 1. The van der Waals surface area contributed by atoms with Gasteiger partial charge in [-0.3, -0.25) is 0 Å². The zero-order valence-electron chi connectivity index (χ0n) is 20.1. The number of hydrogen-bond donors (Lipinski definition) is 1. The van der Waals surface area contributed by atoms with Gasteiger partial charge >= 0.3 is 5.97 Å². The molecule has 1 N–H and O–H groups in total. The topological polar surface area (TPSA) is 57.9 Å². The summed E-state index contributed by atoms with van der Waals surface area (Å²) in [6, 6.07) is 10.1. The number of thioether (sulfide) groups is 1. The fourth-order valence-electron chi connectivity index (χ4n) is 4.07. The molecular weight excluding hydrogens is 502 g/mol. The van der Waals surface area contributed by atoms with Crippen LogP contribution in [0.1, 0.15) is 34.1 Å². The predicted octanol–water partition coefficient (Wildman–Crippen LogP) is 5.24. The molecule has 1 aromatic heterocycles. The number of ether oxygens (including phenoxy) is 1. The lowest BCUT2D eigenvalue weighted by atomic mass is 9.99. The van der Waals surface area contributed by atoms with Crippen molar-refractivity contribution in [2.24, 2.45) is 7.05 Å². The molecule has 0 radical (unpaired) electrons. The van der Waals surface area contributed by atoms with E-state index in [0.29, 0.717) is 28.9 Å². The number of aromatic hydroxyl groups is 1. The molecule has 6 nitrogen and oxygen atoms in total. The lowest BCUT2D eigenvalue weighted by Crippen LogP contribution is -2.15. The van der Waals surface area contributed by atoms with Crippen molar-refractivity contribution in [3.8, 4) is 5.75 Å². The molecule has 0 amide bonds. The maximum absolute atomic E-state index is 13.3. The second kappa shape index (κ2) is 11.0. The van der Waals surface area contributed by atoms with Gasteiger partial charge in [0.2, 0.25) is 0 Å². The van der Waals surface area contributed by atoms with E-state index < -0.39 is 0 Å². The summed E-state index contributed by atoms with van der Waals surface area (Å²) in [5, 5.41) is 12.0. The van der Waals surface area contributed by atoms with E-state index in [-0.39, 0.29) is 18.3 Å². The molecule has 0 spiro atoms. The highest BCUT2D eigenvalue weighted by molar-refractivity contribution is 9.10. The molecule has 2 aromatic carbocycles. The van der Waals surface area contributed by atoms with E-state index in [4.69, 9.17) is 4.74 Å². The number of aromatic nitrogens is 1. The molecule has 0 aliphatic heterocycles. The normalized spacial score (nSPS) is 11.7. The van der Waals surface area contributed by atoms with Crippen LogP contribution in [0, 0.1) is 0 Å². The van der Waals surface area contributed by atoms with Gasteiger partial charge in [-0.05, 0) is 63.2 Å². The molecule has 0 atom stereocenters. The molecule has 3 rings (SSSR count). The molecule has 0 fully saturated rings. The summed E-state index contributed by atoms with van der Waals surface area (Å²) in [5.41, 5.74) is 4.03. The van der Waals surface area contributed by atoms with E-state index in [2.05, 4.69) is 37.5 Å². The van der Waals surface area contributed by atoms with Crippen LogP contribution < -0.4 is 0 Å². The van der Waals surface area contributed by atoms with Crippen molar-refractivity contribution in [1.29, 1.82) is 0 Å². The Morgan fingerprint density at radius 2 is 1.70 bits per heavy atom. The lowest BCUT2D eigenvalue weighted by molar-refractivity contribution is 0.0527. The smallest absolute Gasteiger partial charge is 0.340 e. The van der Waals surface area contributed by atoms with Gasteiger partial charge < -0.3 is 24.2 Å². The molecule has 0 saturated carbocycles. The fraction of sp³-hybridized carbons (Fsp3) is 0.400. The Morgan fingerprint density at radius 1 is 1.09 bits per heavy atom. The first-order valence-electron chi connectivity index (χ1n) is 10.8. The Labute approximate surface area is 208 Å². The minimum absolute atomic E-state index is 0.173. The van der Waals surface area contributed by atoms with Crippen molar-refractivity contribution in [1.82, 2.24) is 14.4 Å². The van der Waals surface area contributed by atoms with Gasteiger partial charge in [0.05, 0.1) is 22.2 Å². The van der Waals surface area contributed by atoms with Gasteiger partial charge in [0, 0.05) is 53.0 Å². The van der Waals surface area contributed by atoms with Crippen LogP contribution in [0.5, 0.6) is 5.75 Å². The molecule has 0 unspecified atom stereocenters. The maximum atomic E-state index is 13.3. The number of rotatable bonds is 9. The number of fused-ring (bicyclic) bond motifs is 1. The van der Waals surface area contributed by atoms with Crippen LogP contribution >= 0.6 is 27.7 Å². The largest absolute Gasteiger partial charge is 0.506 e. The SMILES string of the molecule is CCOC(=O)c1c(CSc2ccccc2)n(C)c2c(CN(C)C)c(Br)c(O)c(CN(C)C)c12. The Bertz CT molecular complexity index is 1140. The van der Waals surface area contributed by atoms with Crippen molar-refractivity contribution >= 4 is 44.6 Å². The third-order valence-electron chi connectivity index (χ3n) is 5.41. The third kappa shape index (κ3) is 5.40. The third-order valence-corrected chi connectivity index (χ3v) is 7.29. The summed E-state index contributed by atoms with van der Waals surface area (Å²) in [7, 11) is 9.88. The van der Waals surface area contributed by atoms with Crippen LogP contribution in [0.4, 0.5) is 0 Å². The lowest BCUT2D eigenvalue weighted by Gasteiger charge is -2.20. The van der Waals surface area contributed by atoms with Gasteiger partial charge in [0.25, 0.3) is 0 Å². The molecule has 3 aromatic rings. The second-order valence-corrected chi connectivity index (χ2v) is 10.4. The van der Waals surface area contributed by atoms with Gasteiger partial charge in [-0.1, -0.05) is 18.2 Å². The Kier molecular flexibility index (Phi) is 8.50. The Hall–Kier alpha value is -2.00. The number of esters is 1. The number of hydrogen-bond acceptors (Lipinski definition) is 6. The van der Waals surface area contributed by atoms with E-state index in [1.54, 1.807) is 11.8 Å². The monoisotopic (exact) mass is 533 g/mol. The zero-order chi connectivity index (χ0) is 24.3.